The van der Waals surface area contributed by atoms with E-state index >= 15 is 0 Å². The Morgan fingerprint density at radius 3 is 2.62 bits per heavy atom. The summed E-state index contributed by atoms with van der Waals surface area (Å²) in [6, 6.07) is 16.9. The molecule has 1 aliphatic heterocycles. The molecule has 1 atom stereocenters. The van der Waals surface area contributed by atoms with Crippen LogP contribution in [0.2, 0.25) is 0 Å². The number of benzene rings is 2. The van der Waals surface area contributed by atoms with E-state index in [0.717, 1.165) is 23.0 Å². The number of nitrogens with one attached hydrogen (secondary N) is 2. The molecule has 6 rings (SSSR count). The molecule has 0 amide bonds. The number of halogens is 1. The van der Waals surface area contributed by atoms with Crippen molar-refractivity contribution in [2.24, 2.45) is 0 Å². The summed E-state index contributed by atoms with van der Waals surface area (Å²) < 4.78 is 43.0. The molecule has 11 heteroatoms. The molecule has 5 aromatic rings. The highest BCUT2D eigenvalue weighted by Crippen LogP contribution is 2.31. The van der Waals surface area contributed by atoms with Crippen LogP contribution in [0.4, 0.5) is 4.39 Å². The summed E-state index contributed by atoms with van der Waals surface area (Å²) >= 11 is 0. The van der Waals surface area contributed by atoms with Gasteiger partial charge in [-0.2, -0.15) is 8.99 Å². The van der Waals surface area contributed by atoms with E-state index in [-0.39, 0.29) is 28.7 Å². The van der Waals surface area contributed by atoms with Gasteiger partial charge in [0.25, 0.3) is 5.56 Å². The summed E-state index contributed by atoms with van der Waals surface area (Å²) in [5.74, 6) is -0.164. The van der Waals surface area contributed by atoms with E-state index in [1.54, 1.807) is 24.3 Å². The number of para-hydroxylation sites is 2. The van der Waals surface area contributed by atoms with E-state index in [1.807, 2.05) is 24.3 Å². The number of pyridine rings is 1. The third-order valence-electron chi connectivity index (χ3n) is 7.25. The first-order valence-corrected chi connectivity index (χ1v) is 14.3. The van der Waals surface area contributed by atoms with E-state index in [2.05, 4.69) is 20.1 Å². The van der Waals surface area contributed by atoms with Gasteiger partial charge < -0.3 is 4.98 Å². The average molecular weight is 547 g/mol. The summed E-state index contributed by atoms with van der Waals surface area (Å²) in [6.07, 6.45) is 5.21. The molecule has 3 aromatic heterocycles. The van der Waals surface area contributed by atoms with Crippen LogP contribution in [0.15, 0.2) is 82.7 Å². The predicted molar refractivity (Wildman–Crippen MR) is 145 cm³/mol. The van der Waals surface area contributed by atoms with Crippen LogP contribution in [0, 0.1) is 5.82 Å². The fraction of sp³-hybridized carbons (Fsp3) is 0.250. The maximum atomic E-state index is 13.8. The first kappa shape index (κ1) is 25.2. The lowest BCUT2D eigenvalue weighted by molar-refractivity contribution is 0.311. The zero-order chi connectivity index (χ0) is 27.0. The van der Waals surface area contributed by atoms with Gasteiger partial charge in [0.1, 0.15) is 10.7 Å². The Bertz CT molecular complexity index is 1740. The van der Waals surface area contributed by atoms with Crippen LogP contribution in [0.3, 0.4) is 0 Å². The van der Waals surface area contributed by atoms with E-state index in [0.29, 0.717) is 43.0 Å². The molecule has 0 bridgehead atoms. The lowest BCUT2D eigenvalue weighted by atomic mass is 9.92. The number of aromatic nitrogens is 5. The SMILES string of the molecule is O=c1c(CCc2ccc(F)cc2)c(C2CCCN(S(=O)(=O)c3cccnc3)C2)[nH]n1-c1nc2ccccc2[nH]1. The van der Waals surface area contributed by atoms with Gasteiger partial charge in [0.05, 0.1) is 11.0 Å². The number of fused-ring (bicyclic) bond motifs is 1. The summed E-state index contributed by atoms with van der Waals surface area (Å²) in [7, 11) is -3.73. The minimum Gasteiger partial charge on any atom is -0.322 e. The smallest absolute Gasteiger partial charge is 0.277 e. The highest BCUT2D eigenvalue weighted by Gasteiger charge is 2.34. The summed E-state index contributed by atoms with van der Waals surface area (Å²) in [6.45, 7) is 0.633. The molecule has 4 heterocycles. The minimum absolute atomic E-state index is 0.149. The first-order valence-electron chi connectivity index (χ1n) is 12.8. The first-order chi connectivity index (χ1) is 18.9. The number of hydrogen-bond acceptors (Lipinski definition) is 5. The van der Waals surface area contributed by atoms with Gasteiger partial charge in [-0.15, -0.1) is 0 Å². The number of aromatic amines is 2. The maximum Gasteiger partial charge on any atom is 0.277 e. The second kappa shape index (κ2) is 10.2. The Balaban J connectivity index is 1.37. The molecule has 0 radical (unpaired) electrons. The van der Waals surface area contributed by atoms with Crippen LogP contribution >= 0.6 is 0 Å². The normalized spacial score (nSPS) is 16.6. The van der Waals surface area contributed by atoms with E-state index in [1.165, 1.54) is 33.5 Å². The lowest BCUT2D eigenvalue weighted by Crippen LogP contribution is -2.39. The number of rotatable bonds is 7. The van der Waals surface area contributed by atoms with Crippen LogP contribution in [0.5, 0.6) is 0 Å². The molecule has 0 spiro atoms. The van der Waals surface area contributed by atoms with E-state index < -0.39 is 10.0 Å². The van der Waals surface area contributed by atoms with Gasteiger partial charge in [0.15, 0.2) is 0 Å². The number of hydrogen-bond donors (Lipinski definition) is 2. The Kier molecular flexibility index (Phi) is 6.61. The zero-order valence-electron chi connectivity index (χ0n) is 21.0. The van der Waals surface area contributed by atoms with Crippen molar-refractivity contribution in [3.63, 3.8) is 0 Å². The maximum absolute atomic E-state index is 13.8. The molecule has 1 aliphatic rings. The van der Waals surface area contributed by atoms with Crippen LogP contribution in [-0.2, 0) is 22.9 Å². The lowest BCUT2D eigenvalue weighted by Gasteiger charge is -2.31. The van der Waals surface area contributed by atoms with Crippen molar-refractivity contribution >= 4 is 21.1 Å². The van der Waals surface area contributed by atoms with Crippen LogP contribution in [-0.4, -0.2) is 50.5 Å². The fourth-order valence-corrected chi connectivity index (χ4v) is 6.72. The van der Waals surface area contributed by atoms with Gasteiger partial charge in [-0.1, -0.05) is 24.3 Å². The van der Waals surface area contributed by atoms with Crippen LogP contribution in [0.25, 0.3) is 17.0 Å². The van der Waals surface area contributed by atoms with Crippen LogP contribution < -0.4 is 5.56 Å². The number of nitrogens with zero attached hydrogens (tertiary/aromatic N) is 4. The van der Waals surface area contributed by atoms with Gasteiger partial charge in [-0.05, 0) is 67.6 Å². The van der Waals surface area contributed by atoms with Crippen molar-refractivity contribution in [2.45, 2.75) is 36.5 Å². The molecule has 1 fully saturated rings. The topological polar surface area (TPSA) is 117 Å². The summed E-state index contributed by atoms with van der Waals surface area (Å²) in [5, 5.41) is 3.27. The molecular weight excluding hydrogens is 519 g/mol. The molecular formula is C28H27FN6O3S. The fourth-order valence-electron chi connectivity index (χ4n) is 5.23. The third-order valence-corrected chi connectivity index (χ3v) is 9.10. The van der Waals surface area contributed by atoms with Gasteiger partial charge in [-0.3, -0.25) is 14.9 Å². The highest BCUT2D eigenvalue weighted by molar-refractivity contribution is 7.89. The number of aryl methyl sites for hydroxylation is 1. The Morgan fingerprint density at radius 1 is 1.03 bits per heavy atom. The molecule has 9 nitrogen and oxygen atoms in total. The molecule has 1 saturated heterocycles. The molecule has 200 valence electrons. The molecule has 0 saturated carbocycles. The zero-order valence-corrected chi connectivity index (χ0v) is 21.9. The van der Waals surface area contributed by atoms with Crippen molar-refractivity contribution in [3.8, 4) is 5.95 Å². The molecule has 1 unspecified atom stereocenters. The van der Waals surface area contributed by atoms with Gasteiger partial charge in [0.2, 0.25) is 16.0 Å². The second-order valence-corrected chi connectivity index (χ2v) is 11.7. The van der Waals surface area contributed by atoms with Crippen molar-refractivity contribution in [1.82, 2.24) is 29.0 Å². The highest BCUT2D eigenvalue weighted by atomic mass is 32.2. The number of piperidine rings is 1. The number of sulfonamides is 1. The molecule has 0 aliphatic carbocycles. The van der Waals surface area contributed by atoms with Gasteiger partial charge in [-0.25, -0.2) is 17.8 Å². The standard InChI is InChI=1S/C28H27FN6O3S/c29-21-12-9-19(10-13-21)11-14-23-26(33-35(27(23)36)28-31-24-7-1-2-8-25(24)32-28)20-5-4-16-34(18-20)39(37,38)22-6-3-15-30-17-22/h1-3,6-10,12-13,15,17,20,33H,4-5,11,14,16,18H2,(H,31,32). The quantitative estimate of drug-likeness (QED) is 0.321. The van der Waals surface area contributed by atoms with Crippen molar-refractivity contribution in [2.75, 3.05) is 13.1 Å². The largest absolute Gasteiger partial charge is 0.322 e. The second-order valence-electron chi connectivity index (χ2n) is 9.74. The number of imidazole rings is 1. The number of H-pyrrole nitrogens is 2. The van der Waals surface area contributed by atoms with Crippen molar-refractivity contribution in [1.29, 1.82) is 0 Å². The summed E-state index contributed by atoms with van der Waals surface area (Å²) in [5.41, 5.74) is 3.48. The molecule has 39 heavy (non-hydrogen) atoms. The monoisotopic (exact) mass is 546 g/mol. The summed E-state index contributed by atoms with van der Waals surface area (Å²) in [4.78, 5) is 25.7. The van der Waals surface area contributed by atoms with Crippen molar-refractivity contribution < 1.29 is 12.8 Å². The average Bonchev–Trinajstić information content (AvgIpc) is 3.54. The Labute approximate surface area is 224 Å². The van der Waals surface area contributed by atoms with Crippen molar-refractivity contribution in [3.05, 3.63) is 106 Å². The Hall–Kier alpha value is -4.09. The molecule has 2 N–H and O–H groups in total. The van der Waals surface area contributed by atoms with E-state index in [9.17, 15) is 17.6 Å². The van der Waals surface area contributed by atoms with E-state index in [4.69, 9.17) is 0 Å². The predicted octanol–water partition coefficient (Wildman–Crippen LogP) is 3.93. The minimum atomic E-state index is -3.73. The van der Waals surface area contributed by atoms with Gasteiger partial charge in [0, 0.05) is 42.7 Å². The molecule has 2 aromatic carbocycles. The third kappa shape index (κ3) is 4.90. The van der Waals surface area contributed by atoms with Gasteiger partial charge >= 0.3 is 0 Å². The Morgan fingerprint density at radius 2 is 1.85 bits per heavy atom. The van der Waals surface area contributed by atoms with Crippen LogP contribution in [0.1, 0.15) is 35.6 Å².